The van der Waals surface area contributed by atoms with E-state index in [0.29, 0.717) is 25.3 Å². The highest BCUT2D eigenvalue weighted by molar-refractivity contribution is 5.94. The summed E-state index contributed by atoms with van der Waals surface area (Å²) in [7, 11) is 1.58. The van der Waals surface area contributed by atoms with Crippen molar-refractivity contribution >= 4 is 17.6 Å². The Kier molecular flexibility index (Phi) is 5.10. The van der Waals surface area contributed by atoms with Gasteiger partial charge in [-0.3, -0.25) is 9.59 Å². The number of amides is 2. The van der Waals surface area contributed by atoms with Gasteiger partial charge in [0.25, 0.3) is 5.91 Å². The highest BCUT2D eigenvalue weighted by atomic mass is 16.5. The van der Waals surface area contributed by atoms with E-state index in [-0.39, 0.29) is 17.7 Å². The molecule has 1 aliphatic rings. The number of ether oxygens (including phenoxy) is 1. The van der Waals surface area contributed by atoms with E-state index in [1.54, 1.807) is 19.2 Å². The van der Waals surface area contributed by atoms with Crippen LogP contribution in [0.1, 0.15) is 16.8 Å². The van der Waals surface area contributed by atoms with Crippen LogP contribution in [0.25, 0.3) is 0 Å². The number of hydrogen-bond acceptors (Lipinski definition) is 5. The Morgan fingerprint density at radius 1 is 1.52 bits per heavy atom. The maximum atomic E-state index is 11.8. The molecule has 1 fully saturated rings. The molecule has 2 rings (SSSR count). The average molecular weight is 292 g/mol. The Labute approximate surface area is 123 Å². The quantitative estimate of drug-likeness (QED) is 0.706. The molecule has 3 N–H and O–H groups in total. The summed E-state index contributed by atoms with van der Waals surface area (Å²) in [6, 6.07) is 3.51. The summed E-state index contributed by atoms with van der Waals surface area (Å²) >= 11 is 0. The van der Waals surface area contributed by atoms with Gasteiger partial charge in [0.1, 0.15) is 5.82 Å². The Morgan fingerprint density at radius 2 is 2.33 bits per heavy atom. The number of aromatic nitrogens is 1. The van der Waals surface area contributed by atoms with Crippen LogP contribution in [0.5, 0.6) is 0 Å². The van der Waals surface area contributed by atoms with E-state index in [4.69, 9.17) is 10.5 Å². The van der Waals surface area contributed by atoms with E-state index >= 15 is 0 Å². The Balaban J connectivity index is 1.93. The normalized spacial score (nSPS) is 17.8. The monoisotopic (exact) mass is 292 g/mol. The number of nitrogens with two attached hydrogens (primary N) is 1. The van der Waals surface area contributed by atoms with Gasteiger partial charge in [0.2, 0.25) is 5.91 Å². The molecule has 0 spiro atoms. The largest absolute Gasteiger partial charge is 0.383 e. The average Bonchev–Trinajstić information content (AvgIpc) is 2.97. The van der Waals surface area contributed by atoms with Crippen LogP contribution in [-0.4, -0.2) is 50.1 Å². The van der Waals surface area contributed by atoms with Crippen LogP contribution in [-0.2, 0) is 9.53 Å². The second-order valence-electron chi connectivity index (χ2n) is 4.99. The van der Waals surface area contributed by atoms with Crippen molar-refractivity contribution in [2.75, 3.05) is 38.3 Å². The number of carbonyl (C=O) groups excluding carboxylic acids is 2. The minimum absolute atomic E-state index is 0.121. The molecule has 1 saturated heterocycles. The summed E-state index contributed by atoms with van der Waals surface area (Å²) in [6.45, 7) is 2.27. The molecule has 0 saturated carbocycles. The van der Waals surface area contributed by atoms with E-state index in [1.807, 2.05) is 4.90 Å². The molecule has 7 nitrogen and oxygen atoms in total. The predicted octanol–water partition coefficient (Wildman–Crippen LogP) is -0.231. The molecule has 2 amide bonds. The first-order chi connectivity index (χ1) is 10.1. The Morgan fingerprint density at radius 3 is 2.90 bits per heavy atom. The second-order valence-corrected chi connectivity index (χ2v) is 4.99. The summed E-state index contributed by atoms with van der Waals surface area (Å²) in [5.74, 6) is 0.185. The molecule has 0 radical (unpaired) electrons. The first-order valence-corrected chi connectivity index (χ1v) is 6.89. The molecular weight excluding hydrogens is 272 g/mol. The molecular formula is C14H20N4O3. The number of anilines is 1. The van der Waals surface area contributed by atoms with Crippen LogP contribution in [0.2, 0.25) is 0 Å². The van der Waals surface area contributed by atoms with Crippen LogP contribution < -0.4 is 16.0 Å². The molecule has 1 unspecified atom stereocenters. The fourth-order valence-corrected chi connectivity index (χ4v) is 2.28. The van der Waals surface area contributed by atoms with Crippen LogP contribution >= 0.6 is 0 Å². The molecule has 1 aromatic heterocycles. The Hall–Kier alpha value is -2.15. The van der Waals surface area contributed by atoms with Gasteiger partial charge in [-0.1, -0.05) is 0 Å². The molecule has 0 aliphatic carbocycles. The van der Waals surface area contributed by atoms with Gasteiger partial charge < -0.3 is 20.7 Å². The lowest BCUT2D eigenvalue weighted by Gasteiger charge is -2.17. The van der Waals surface area contributed by atoms with Crippen LogP contribution in [0.4, 0.5) is 5.82 Å². The van der Waals surface area contributed by atoms with Crippen molar-refractivity contribution in [1.29, 1.82) is 0 Å². The fourth-order valence-electron chi connectivity index (χ4n) is 2.28. The van der Waals surface area contributed by atoms with E-state index in [0.717, 1.165) is 18.8 Å². The third kappa shape index (κ3) is 3.91. The zero-order valence-electron chi connectivity index (χ0n) is 12.0. The minimum atomic E-state index is -0.272. The highest BCUT2D eigenvalue weighted by Crippen LogP contribution is 2.21. The van der Waals surface area contributed by atoms with Gasteiger partial charge in [-0.05, 0) is 18.6 Å². The van der Waals surface area contributed by atoms with Gasteiger partial charge in [0, 0.05) is 32.9 Å². The van der Waals surface area contributed by atoms with Gasteiger partial charge >= 0.3 is 0 Å². The topological polar surface area (TPSA) is 97.5 Å². The van der Waals surface area contributed by atoms with E-state index in [2.05, 4.69) is 10.3 Å². The standard InChI is InChI=1S/C14H20N4O3/c1-21-7-5-16-14(20)10-2-3-12(17-8-10)18-6-4-11(9-18)13(15)19/h2-3,8,11H,4-7,9H2,1H3,(H2,15,19)(H,16,20). The summed E-state index contributed by atoms with van der Waals surface area (Å²) < 4.78 is 4.87. The molecule has 2 heterocycles. The lowest BCUT2D eigenvalue weighted by Crippen LogP contribution is -2.28. The van der Waals surface area contributed by atoms with Crippen molar-refractivity contribution in [3.8, 4) is 0 Å². The number of methoxy groups -OCH3 is 1. The number of rotatable bonds is 6. The number of pyridine rings is 1. The minimum Gasteiger partial charge on any atom is -0.383 e. The zero-order chi connectivity index (χ0) is 15.2. The molecule has 114 valence electrons. The molecule has 0 bridgehead atoms. The summed E-state index contributed by atoms with van der Waals surface area (Å²) in [5, 5.41) is 2.73. The van der Waals surface area contributed by atoms with Crippen molar-refractivity contribution in [3.63, 3.8) is 0 Å². The van der Waals surface area contributed by atoms with Gasteiger partial charge in [0.15, 0.2) is 0 Å². The first kappa shape index (κ1) is 15.2. The lowest BCUT2D eigenvalue weighted by atomic mass is 10.1. The summed E-state index contributed by atoms with van der Waals surface area (Å²) in [4.78, 5) is 29.3. The third-order valence-electron chi connectivity index (χ3n) is 3.52. The van der Waals surface area contributed by atoms with Gasteiger partial charge in [-0.15, -0.1) is 0 Å². The number of primary amides is 1. The summed E-state index contributed by atoms with van der Waals surface area (Å²) in [6.07, 6.45) is 2.28. The van der Waals surface area contributed by atoms with Crippen molar-refractivity contribution < 1.29 is 14.3 Å². The van der Waals surface area contributed by atoms with Crippen LogP contribution in [0, 0.1) is 5.92 Å². The van der Waals surface area contributed by atoms with Crippen molar-refractivity contribution in [2.45, 2.75) is 6.42 Å². The molecule has 1 aromatic rings. The Bertz CT molecular complexity index is 503. The number of carbonyl (C=O) groups is 2. The van der Waals surface area contributed by atoms with Crippen LogP contribution in [0.3, 0.4) is 0 Å². The zero-order valence-corrected chi connectivity index (χ0v) is 12.0. The van der Waals surface area contributed by atoms with E-state index in [1.165, 1.54) is 6.20 Å². The molecule has 7 heteroatoms. The van der Waals surface area contributed by atoms with Crippen molar-refractivity contribution in [2.24, 2.45) is 11.7 Å². The SMILES string of the molecule is COCCNC(=O)c1ccc(N2CCC(C(N)=O)C2)nc1. The van der Waals surface area contributed by atoms with Crippen molar-refractivity contribution in [3.05, 3.63) is 23.9 Å². The first-order valence-electron chi connectivity index (χ1n) is 6.89. The molecule has 1 aliphatic heterocycles. The lowest BCUT2D eigenvalue weighted by molar-refractivity contribution is -0.121. The van der Waals surface area contributed by atoms with E-state index in [9.17, 15) is 9.59 Å². The number of hydrogen-bond donors (Lipinski definition) is 2. The smallest absolute Gasteiger partial charge is 0.252 e. The maximum Gasteiger partial charge on any atom is 0.252 e. The van der Waals surface area contributed by atoms with Crippen molar-refractivity contribution in [1.82, 2.24) is 10.3 Å². The number of nitrogens with zero attached hydrogens (tertiary/aromatic N) is 2. The predicted molar refractivity (Wildman–Crippen MR) is 78.0 cm³/mol. The number of nitrogens with one attached hydrogen (secondary N) is 1. The summed E-state index contributed by atoms with van der Waals surface area (Å²) in [5.41, 5.74) is 5.81. The molecule has 21 heavy (non-hydrogen) atoms. The fraction of sp³-hybridized carbons (Fsp3) is 0.500. The maximum absolute atomic E-state index is 11.8. The highest BCUT2D eigenvalue weighted by Gasteiger charge is 2.27. The van der Waals surface area contributed by atoms with E-state index < -0.39 is 0 Å². The molecule has 1 atom stereocenters. The molecule has 0 aromatic carbocycles. The second kappa shape index (κ2) is 7.03. The van der Waals surface area contributed by atoms with Crippen LogP contribution in [0.15, 0.2) is 18.3 Å². The third-order valence-corrected chi connectivity index (χ3v) is 3.52. The van der Waals surface area contributed by atoms with Gasteiger partial charge in [-0.2, -0.15) is 0 Å². The van der Waals surface area contributed by atoms with Gasteiger partial charge in [0.05, 0.1) is 18.1 Å². The van der Waals surface area contributed by atoms with Gasteiger partial charge in [-0.25, -0.2) is 4.98 Å².